The van der Waals surface area contributed by atoms with Gasteiger partial charge in [-0.25, -0.2) is 14.0 Å². The molecule has 162 valence electrons. The van der Waals surface area contributed by atoms with E-state index in [1.807, 2.05) is 0 Å². The second-order valence-electron chi connectivity index (χ2n) is 6.51. The number of hydrogen-bond donors (Lipinski definition) is 1. The number of anilines is 2. The second-order valence-corrected chi connectivity index (χ2v) is 6.89. The molecule has 0 aromatic heterocycles. The minimum absolute atomic E-state index is 0.0352. The lowest BCUT2D eigenvalue weighted by atomic mass is 10.1. The molecule has 1 fully saturated rings. The van der Waals surface area contributed by atoms with Crippen molar-refractivity contribution in [3.63, 3.8) is 0 Å². The molecular weight excluding hydrogens is 415 g/mol. The number of nitrogens with zero attached hydrogens (tertiary/aromatic N) is 1. The molecule has 0 unspecified atom stereocenters. The van der Waals surface area contributed by atoms with E-state index in [0.717, 1.165) is 18.9 Å². The van der Waals surface area contributed by atoms with Gasteiger partial charge in [0.15, 0.2) is 11.4 Å². The number of benzene rings is 1. The molecule has 1 aromatic carbocycles. The van der Waals surface area contributed by atoms with Crippen molar-refractivity contribution >= 4 is 40.8 Å². The predicted molar refractivity (Wildman–Crippen MR) is 112 cm³/mol. The highest BCUT2D eigenvalue weighted by Crippen LogP contribution is 2.40. The molecule has 1 N–H and O–H groups in total. The zero-order chi connectivity index (χ0) is 22.4. The van der Waals surface area contributed by atoms with Gasteiger partial charge in [-0.15, -0.1) is 0 Å². The third-order valence-electron chi connectivity index (χ3n) is 4.34. The Morgan fingerprint density at radius 3 is 2.30 bits per heavy atom. The molecule has 1 amide bonds. The number of halogens is 2. The van der Waals surface area contributed by atoms with Crippen molar-refractivity contribution in [3.8, 4) is 0 Å². The van der Waals surface area contributed by atoms with Crippen LogP contribution in [0.1, 0.15) is 32.3 Å². The molecule has 2 rings (SSSR count). The Kier molecular flexibility index (Phi) is 8.00. The molecule has 1 saturated carbocycles. The van der Waals surface area contributed by atoms with Gasteiger partial charge in [0, 0.05) is 17.9 Å². The number of nitrogens with one attached hydrogen (secondary N) is 1. The third kappa shape index (κ3) is 5.38. The third-order valence-corrected chi connectivity index (χ3v) is 4.79. The largest absolute Gasteiger partial charge is 0.462 e. The summed E-state index contributed by atoms with van der Waals surface area (Å²) in [6, 6.07) is 1.37. The minimum atomic E-state index is -0.826. The minimum Gasteiger partial charge on any atom is -0.462 e. The normalized spacial score (nSPS) is 12.6. The van der Waals surface area contributed by atoms with Crippen LogP contribution in [0.5, 0.6) is 0 Å². The molecule has 7 nitrogen and oxygen atoms in total. The average molecular weight is 439 g/mol. The van der Waals surface area contributed by atoms with Crippen molar-refractivity contribution in [1.29, 1.82) is 0 Å². The molecule has 0 heterocycles. The molecule has 0 aliphatic heterocycles. The maximum atomic E-state index is 14.6. The van der Waals surface area contributed by atoms with E-state index in [-0.39, 0.29) is 35.5 Å². The van der Waals surface area contributed by atoms with Crippen molar-refractivity contribution in [2.75, 3.05) is 23.4 Å². The van der Waals surface area contributed by atoms with Gasteiger partial charge in [-0.3, -0.25) is 4.79 Å². The Labute approximate surface area is 179 Å². The summed E-state index contributed by atoms with van der Waals surface area (Å²) in [6.45, 7) is 8.36. The van der Waals surface area contributed by atoms with Gasteiger partial charge in [-0.05, 0) is 51.3 Å². The summed E-state index contributed by atoms with van der Waals surface area (Å²) < 4.78 is 24.5. The number of amides is 1. The summed E-state index contributed by atoms with van der Waals surface area (Å²) in [7, 11) is 0. The Bertz CT molecular complexity index is 876. The van der Waals surface area contributed by atoms with Crippen molar-refractivity contribution in [3.05, 3.63) is 46.9 Å². The molecule has 0 bridgehead atoms. The van der Waals surface area contributed by atoms with Crippen LogP contribution >= 0.6 is 11.6 Å². The first-order valence-electron chi connectivity index (χ1n) is 9.51. The van der Waals surface area contributed by atoms with Crippen LogP contribution in [0.15, 0.2) is 30.5 Å². The molecule has 1 aromatic rings. The molecule has 0 spiro atoms. The van der Waals surface area contributed by atoms with Gasteiger partial charge in [0.1, 0.15) is 0 Å². The molecule has 1 aliphatic rings. The average Bonchev–Trinajstić information content (AvgIpc) is 3.55. The maximum Gasteiger partial charge on any atom is 0.347 e. The van der Waals surface area contributed by atoms with Crippen molar-refractivity contribution in [2.45, 2.75) is 39.7 Å². The summed E-state index contributed by atoms with van der Waals surface area (Å²) in [4.78, 5) is 38.0. The fourth-order valence-corrected chi connectivity index (χ4v) is 2.92. The van der Waals surface area contributed by atoms with Crippen molar-refractivity contribution in [2.24, 2.45) is 0 Å². The van der Waals surface area contributed by atoms with E-state index in [1.54, 1.807) is 25.7 Å². The quantitative estimate of drug-likeness (QED) is 0.272. The first-order chi connectivity index (χ1) is 14.2. The molecule has 1 aliphatic carbocycles. The Balaban J connectivity index is 2.59. The zero-order valence-corrected chi connectivity index (χ0v) is 17.8. The van der Waals surface area contributed by atoms with Crippen LogP contribution in [-0.4, -0.2) is 37.1 Å². The number of carbonyl (C=O) groups excluding carboxylic acids is 3. The molecule has 0 saturated heterocycles. The maximum absolute atomic E-state index is 14.6. The molecule has 0 radical (unpaired) electrons. The van der Waals surface area contributed by atoms with Crippen LogP contribution in [0.2, 0.25) is 5.02 Å². The van der Waals surface area contributed by atoms with Gasteiger partial charge in [0.05, 0.1) is 23.9 Å². The van der Waals surface area contributed by atoms with Gasteiger partial charge >= 0.3 is 11.9 Å². The highest BCUT2D eigenvalue weighted by Gasteiger charge is 2.33. The molecule has 9 heteroatoms. The monoisotopic (exact) mass is 438 g/mol. The van der Waals surface area contributed by atoms with Gasteiger partial charge in [0.2, 0.25) is 5.91 Å². The van der Waals surface area contributed by atoms with Gasteiger partial charge in [-0.2, -0.15) is 0 Å². The molecular formula is C21H24ClFN2O5. The smallest absolute Gasteiger partial charge is 0.347 e. The van der Waals surface area contributed by atoms with Gasteiger partial charge in [-0.1, -0.05) is 18.2 Å². The van der Waals surface area contributed by atoms with E-state index >= 15 is 0 Å². The number of rotatable bonds is 9. The summed E-state index contributed by atoms with van der Waals surface area (Å²) in [5.41, 5.74) is 0.399. The summed E-state index contributed by atoms with van der Waals surface area (Å²) in [5.74, 6) is -3.05. The highest BCUT2D eigenvalue weighted by molar-refractivity contribution is 6.32. The van der Waals surface area contributed by atoms with E-state index in [4.69, 9.17) is 21.1 Å². The SMILES string of the molecule is C=CC(=O)Nc1cc(N(C=C(C(=O)OCC)C(=O)OCC)C2CC2)c(C)c(Cl)c1F. The standard InChI is InChI=1S/C21H24ClFN2O5/c1-5-17(26)24-15-10-16(12(4)18(22)19(15)23)25(13-8-9-13)11-14(20(27)29-6-2)21(28)30-7-3/h5,10-11,13H,1,6-9H2,2-4H3,(H,24,26). The predicted octanol–water partition coefficient (Wildman–Crippen LogP) is 3.89. The van der Waals surface area contributed by atoms with Gasteiger partial charge in [0.25, 0.3) is 0 Å². The van der Waals surface area contributed by atoms with Crippen LogP contribution < -0.4 is 10.2 Å². The number of ether oxygens (including phenoxy) is 2. The second kappa shape index (κ2) is 10.2. The number of carbonyl (C=O) groups is 3. The summed E-state index contributed by atoms with van der Waals surface area (Å²) >= 11 is 6.16. The Morgan fingerprint density at radius 1 is 1.27 bits per heavy atom. The van der Waals surface area contributed by atoms with Crippen LogP contribution in [-0.2, 0) is 23.9 Å². The lowest BCUT2D eigenvalue weighted by Gasteiger charge is -2.25. The van der Waals surface area contributed by atoms with E-state index in [1.165, 1.54) is 12.3 Å². The highest BCUT2D eigenvalue weighted by atomic mass is 35.5. The lowest BCUT2D eigenvalue weighted by molar-refractivity contribution is -0.146. The molecule has 0 atom stereocenters. The van der Waals surface area contributed by atoms with Crippen molar-refractivity contribution in [1.82, 2.24) is 0 Å². The zero-order valence-electron chi connectivity index (χ0n) is 17.1. The van der Waals surface area contributed by atoms with E-state index in [0.29, 0.717) is 11.3 Å². The molecule has 30 heavy (non-hydrogen) atoms. The van der Waals surface area contributed by atoms with Crippen LogP contribution in [0, 0.1) is 12.7 Å². The van der Waals surface area contributed by atoms with Crippen LogP contribution in [0.25, 0.3) is 0 Å². The Hall–Kier alpha value is -2.87. The summed E-state index contributed by atoms with van der Waals surface area (Å²) in [6.07, 6.45) is 3.92. The van der Waals surface area contributed by atoms with E-state index in [9.17, 15) is 18.8 Å². The fourth-order valence-electron chi connectivity index (χ4n) is 2.72. The van der Waals surface area contributed by atoms with Crippen LogP contribution in [0.4, 0.5) is 15.8 Å². The fraction of sp³-hybridized carbons (Fsp3) is 0.381. The lowest BCUT2D eigenvalue weighted by Crippen LogP contribution is -2.26. The van der Waals surface area contributed by atoms with Crippen LogP contribution in [0.3, 0.4) is 0 Å². The van der Waals surface area contributed by atoms with E-state index in [2.05, 4.69) is 11.9 Å². The van der Waals surface area contributed by atoms with E-state index < -0.39 is 23.7 Å². The Morgan fingerprint density at radius 2 is 1.83 bits per heavy atom. The number of esters is 2. The van der Waals surface area contributed by atoms with Crippen molar-refractivity contribution < 1.29 is 28.2 Å². The summed E-state index contributed by atoms with van der Waals surface area (Å²) in [5, 5.41) is 2.19. The topological polar surface area (TPSA) is 84.9 Å². The van der Waals surface area contributed by atoms with Gasteiger partial charge < -0.3 is 19.7 Å². The number of hydrogen-bond acceptors (Lipinski definition) is 6. The first-order valence-corrected chi connectivity index (χ1v) is 9.89. The first kappa shape index (κ1) is 23.4.